The zero-order valence-corrected chi connectivity index (χ0v) is 15.0. The lowest BCUT2D eigenvalue weighted by atomic mass is 9.94. The van der Waals surface area contributed by atoms with Gasteiger partial charge in [-0.2, -0.15) is 0 Å². The number of likely N-dealkylation sites (tertiary alicyclic amines) is 1. The third-order valence-electron chi connectivity index (χ3n) is 4.22. The SMILES string of the molecule is CCNC(=NCc1ccc(C)s1)NCCC1CCN(C)CC1. The second-order valence-electron chi connectivity index (χ2n) is 6.17. The largest absolute Gasteiger partial charge is 0.357 e. The van der Waals surface area contributed by atoms with Crippen molar-refractivity contribution in [2.45, 2.75) is 39.7 Å². The fourth-order valence-electron chi connectivity index (χ4n) is 2.81. The van der Waals surface area contributed by atoms with Crippen molar-refractivity contribution >= 4 is 17.3 Å². The average molecular weight is 323 g/mol. The summed E-state index contributed by atoms with van der Waals surface area (Å²) < 4.78 is 0. The summed E-state index contributed by atoms with van der Waals surface area (Å²) in [5.74, 6) is 1.81. The van der Waals surface area contributed by atoms with Crippen LogP contribution in [0.3, 0.4) is 0 Å². The molecule has 1 aliphatic rings. The van der Waals surface area contributed by atoms with E-state index in [2.05, 4.69) is 53.6 Å². The normalized spacial score (nSPS) is 17.7. The summed E-state index contributed by atoms with van der Waals surface area (Å²) in [6, 6.07) is 4.33. The van der Waals surface area contributed by atoms with Crippen molar-refractivity contribution in [2.75, 3.05) is 33.2 Å². The van der Waals surface area contributed by atoms with Gasteiger partial charge in [-0.05, 0) is 71.3 Å². The van der Waals surface area contributed by atoms with Crippen LogP contribution in [0.1, 0.15) is 35.9 Å². The Labute approximate surface area is 139 Å². The number of rotatable bonds is 6. The van der Waals surface area contributed by atoms with Gasteiger partial charge in [0, 0.05) is 22.8 Å². The summed E-state index contributed by atoms with van der Waals surface area (Å²) in [4.78, 5) is 9.79. The molecular weight excluding hydrogens is 292 g/mol. The third kappa shape index (κ3) is 5.97. The molecule has 0 spiro atoms. The quantitative estimate of drug-likeness (QED) is 0.625. The van der Waals surface area contributed by atoms with Gasteiger partial charge < -0.3 is 15.5 Å². The summed E-state index contributed by atoms with van der Waals surface area (Å²) in [6.45, 7) is 9.44. The Morgan fingerprint density at radius 2 is 2.09 bits per heavy atom. The molecule has 2 heterocycles. The minimum absolute atomic E-state index is 0.766. The van der Waals surface area contributed by atoms with Gasteiger partial charge in [0.2, 0.25) is 0 Å². The van der Waals surface area contributed by atoms with Gasteiger partial charge in [0.15, 0.2) is 5.96 Å². The van der Waals surface area contributed by atoms with Crippen LogP contribution in [0, 0.1) is 12.8 Å². The Morgan fingerprint density at radius 1 is 1.32 bits per heavy atom. The van der Waals surface area contributed by atoms with Crippen LogP contribution in [0.2, 0.25) is 0 Å². The van der Waals surface area contributed by atoms with Gasteiger partial charge in [-0.3, -0.25) is 0 Å². The molecule has 0 atom stereocenters. The number of aryl methyl sites for hydroxylation is 1. The zero-order chi connectivity index (χ0) is 15.8. The Kier molecular flexibility index (Phi) is 7.19. The maximum absolute atomic E-state index is 4.69. The maximum Gasteiger partial charge on any atom is 0.191 e. The van der Waals surface area contributed by atoms with E-state index in [-0.39, 0.29) is 0 Å². The van der Waals surface area contributed by atoms with E-state index in [1.165, 1.54) is 42.1 Å². The fraction of sp³-hybridized carbons (Fsp3) is 0.706. The lowest BCUT2D eigenvalue weighted by Crippen LogP contribution is -2.39. The van der Waals surface area contributed by atoms with E-state index in [9.17, 15) is 0 Å². The summed E-state index contributed by atoms with van der Waals surface area (Å²) in [7, 11) is 2.22. The second kappa shape index (κ2) is 9.16. The maximum atomic E-state index is 4.69. The topological polar surface area (TPSA) is 39.7 Å². The number of piperidine rings is 1. The molecule has 0 unspecified atom stereocenters. The number of aliphatic imine (C=N–C) groups is 1. The molecule has 2 N–H and O–H groups in total. The summed E-state index contributed by atoms with van der Waals surface area (Å²) >= 11 is 1.83. The predicted octanol–water partition coefficient (Wildman–Crippen LogP) is 2.84. The first-order valence-electron chi connectivity index (χ1n) is 8.43. The molecule has 1 aliphatic heterocycles. The van der Waals surface area contributed by atoms with Crippen LogP contribution in [0.5, 0.6) is 0 Å². The van der Waals surface area contributed by atoms with Crippen molar-refractivity contribution in [3.63, 3.8) is 0 Å². The van der Waals surface area contributed by atoms with Gasteiger partial charge in [0.05, 0.1) is 6.54 Å². The van der Waals surface area contributed by atoms with Crippen molar-refractivity contribution in [2.24, 2.45) is 10.9 Å². The molecule has 1 saturated heterocycles. The van der Waals surface area contributed by atoms with E-state index in [1.54, 1.807) is 0 Å². The van der Waals surface area contributed by atoms with Gasteiger partial charge in [-0.15, -0.1) is 11.3 Å². The van der Waals surface area contributed by atoms with Crippen molar-refractivity contribution < 1.29 is 0 Å². The van der Waals surface area contributed by atoms with Crippen LogP contribution in [0.15, 0.2) is 17.1 Å². The Hall–Kier alpha value is -1.07. The highest BCUT2D eigenvalue weighted by atomic mass is 32.1. The summed E-state index contributed by atoms with van der Waals surface area (Å²) in [6.07, 6.45) is 3.91. The molecule has 2 rings (SSSR count). The van der Waals surface area contributed by atoms with Gasteiger partial charge in [-0.25, -0.2) is 4.99 Å². The molecule has 0 aromatic carbocycles. The molecule has 0 aliphatic carbocycles. The molecule has 0 amide bonds. The van der Waals surface area contributed by atoms with Crippen LogP contribution in [0.25, 0.3) is 0 Å². The highest BCUT2D eigenvalue weighted by Crippen LogP contribution is 2.18. The minimum atomic E-state index is 0.766. The number of hydrogen-bond donors (Lipinski definition) is 2. The Morgan fingerprint density at radius 3 is 2.73 bits per heavy atom. The van der Waals surface area contributed by atoms with Crippen molar-refractivity contribution in [1.82, 2.24) is 15.5 Å². The Bertz CT molecular complexity index is 461. The first-order chi connectivity index (χ1) is 10.7. The molecule has 0 radical (unpaired) electrons. The number of guanidine groups is 1. The van der Waals surface area contributed by atoms with Crippen LogP contribution in [0.4, 0.5) is 0 Å². The van der Waals surface area contributed by atoms with Gasteiger partial charge in [-0.1, -0.05) is 0 Å². The van der Waals surface area contributed by atoms with Crippen LogP contribution >= 0.6 is 11.3 Å². The molecule has 0 bridgehead atoms. The molecule has 4 nitrogen and oxygen atoms in total. The monoisotopic (exact) mass is 322 g/mol. The van der Waals surface area contributed by atoms with Gasteiger partial charge >= 0.3 is 0 Å². The minimum Gasteiger partial charge on any atom is -0.357 e. The highest BCUT2D eigenvalue weighted by molar-refractivity contribution is 7.11. The van der Waals surface area contributed by atoms with E-state index < -0.39 is 0 Å². The molecule has 5 heteroatoms. The van der Waals surface area contributed by atoms with Crippen LogP contribution in [-0.4, -0.2) is 44.1 Å². The van der Waals surface area contributed by atoms with E-state index in [1.807, 2.05) is 11.3 Å². The van der Waals surface area contributed by atoms with Crippen LogP contribution in [-0.2, 0) is 6.54 Å². The number of nitrogens with one attached hydrogen (secondary N) is 2. The van der Waals surface area contributed by atoms with E-state index in [0.717, 1.165) is 31.5 Å². The molecule has 1 fully saturated rings. The predicted molar refractivity (Wildman–Crippen MR) is 96.7 cm³/mol. The fourth-order valence-corrected chi connectivity index (χ4v) is 3.63. The summed E-state index contributed by atoms with van der Waals surface area (Å²) in [5, 5.41) is 6.83. The molecule has 22 heavy (non-hydrogen) atoms. The Balaban J connectivity index is 1.73. The molecule has 1 aromatic heterocycles. The molecule has 0 saturated carbocycles. The molecule has 124 valence electrons. The van der Waals surface area contributed by atoms with E-state index >= 15 is 0 Å². The summed E-state index contributed by atoms with van der Waals surface area (Å²) in [5.41, 5.74) is 0. The van der Waals surface area contributed by atoms with Crippen molar-refractivity contribution in [1.29, 1.82) is 0 Å². The van der Waals surface area contributed by atoms with Gasteiger partial charge in [0.25, 0.3) is 0 Å². The van der Waals surface area contributed by atoms with Crippen molar-refractivity contribution in [3.8, 4) is 0 Å². The zero-order valence-electron chi connectivity index (χ0n) is 14.2. The lowest BCUT2D eigenvalue weighted by Gasteiger charge is -2.29. The highest BCUT2D eigenvalue weighted by Gasteiger charge is 2.16. The number of hydrogen-bond acceptors (Lipinski definition) is 3. The first-order valence-corrected chi connectivity index (χ1v) is 9.25. The number of nitrogens with zero attached hydrogens (tertiary/aromatic N) is 2. The van der Waals surface area contributed by atoms with Gasteiger partial charge in [0.1, 0.15) is 0 Å². The first kappa shape index (κ1) is 17.3. The van der Waals surface area contributed by atoms with E-state index in [4.69, 9.17) is 0 Å². The molecule has 1 aromatic rings. The number of thiophene rings is 1. The van der Waals surface area contributed by atoms with E-state index in [0.29, 0.717) is 0 Å². The average Bonchev–Trinajstić information content (AvgIpc) is 2.92. The lowest BCUT2D eigenvalue weighted by molar-refractivity contribution is 0.213. The van der Waals surface area contributed by atoms with Crippen molar-refractivity contribution in [3.05, 3.63) is 21.9 Å². The standard InChI is InChI=1S/C17H30N4S/c1-4-18-17(20-13-16-6-5-14(2)22-16)19-10-7-15-8-11-21(3)12-9-15/h5-6,15H,4,7-13H2,1-3H3,(H2,18,19,20). The molecular formula is C17H30N4S. The third-order valence-corrected chi connectivity index (χ3v) is 5.20. The second-order valence-corrected chi connectivity index (χ2v) is 7.54. The smallest absolute Gasteiger partial charge is 0.191 e. The van der Waals surface area contributed by atoms with Crippen LogP contribution < -0.4 is 10.6 Å².